The van der Waals surface area contributed by atoms with Gasteiger partial charge in [0, 0.05) is 11.5 Å². The molecule has 2 heterocycles. The number of anilines is 1. The third kappa shape index (κ3) is 3.97. The van der Waals surface area contributed by atoms with Gasteiger partial charge in [-0.3, -0.25) is 9.40 Å². The van der Waals surface area contributed by atoms with Gasteiger partial charge in [0.25, 0.3) is 10.0 Å². The van der Waals surface area contributed by atoms with E-state index < -0.39 is 26.7 Å². The molecule has 0 aliphatic heterocycles. The van der Waals surface area contributed by atoms with Crippen LogP contribution < -0.4 is 4.72 Å². The van der Waals surface area contributed by atoms with Crippen LogP contribution in [0, 0.1) is 11.8 Å². The monoisotopic (exact) mass is 468 g/mol. The molecule has 1 aliphatic rings. The van der Waals surface area contributed by atoms with Gasteiger partial charge < -0.3 is 0 Å². The zero-order chi connectivity index (χ0) is 23.2. The molecule has 1 aliphatic carbocycles. The molecule has 1 fully saturated rings. The fourth-order valence-electron chi connectivity index (χ4n) is 4.33. The molecule has 2 aromatic heterocycles. The number of fused-ring (bicyclic) bond motifs is 1. The largest absolute Gasteiger partial charge is 0.265 e. The molecular formula is C24H22F2N4O2S. The van der Waals surface area contributed by atoms with Crippen molar-refractivity contribution < 1.29 is 17.2 Å². The number of nitrogens with one attached hydrogen (secondary N) is 1. The minimum atomic E-state index is -4.32. The highest BCUT2D eigenvalue weighted by molar-refractivity contribution is 7.92. The van der Waals surface area contributed by atoms with Gasteiger partial charge in [-0.1, -0.05) is 36.8 Å². The number of nitrogens with zero attached hydrogens (tertiary/aromatic N) is 3. The standard InChI is InChI=1S/C24H22F2N4O2S/c1-15(18-8-2-3-9-19(18)16-6-4-7-16)30-21-13-20(25)22(12-17(21)14-27-30)33(31,32)29-24-11-5-10-23(26)28-24/h2-3,5,8-16H,4,6-7H2,1H3,(H,28,29)/t15-/m1/s1. The van der Waals surface area contributed by atoms with Crippen molar-refractivity contribution in [2.24, 2.45) is 0 Å². The number of hydrogen-bond acceptors (Lipinski definition) is 4. The van der Waals surface area contributed by atoms with E-state index in [2.05, 4.69) is 26.9 Å². The van der Waals surface area contributed by atoms with E-state index in [1.165, 1.54) is 42.4 Å². The molecule has 0 bridgehead atoms. The lowest BCUT2D eigenvalue weighted by Gasteiger charge is -2.29. The van der Waals surface area contributed by atoms with Gasteiger partial charge in [0.1, 0.15) is 16.5 Å². The first-order chi connectivity index (χ1) is 15.8. The molecule has 6 nitrogen and oxygen atoms in total. The quantitative estimate of drug-likeness (QED) is 0.385. The summed E-state index contributed by atoms with van der Waals surface area (Å²) in [6.07, 6.45) is 5.07. The van der Waals surface area contributed by atoms with Crippen molar-refractivity contribution in [2.45, 2.75) is 43.0 Å². The minimum Gasteiger partial charge on any atom is -0.263 e. The number of hydrogen-bond donors (Lipinski definition) is 1. The topological polar surface area (TPSA) is 76.9 Å². The van der Waals surface area contributed by atoms with E-state index in [9.17, 15) is 12.8 Å². The Balaban J connectivity index is 1.51. The first kappa shape index (κ1) is 21.5. The second-order valence-electron chi connectivity index (χ2n) is 8.31. The van der Waals surface area contributed by atoms with Crippen LogP contribution in [0.5, 0.6) is 0 Å². The lowest BCUT2D eigenvalue weighted by atomic mass is 9.77. The molecule has 33 heavy (non-hydrogen) atoms. The van der Waals surface area contributed by atoms with Gasteiger partial charge in [0.15, 0.2) is 0 Å². The number of rotatable bonds is 6. The number of halogens is 2. The molecule has 1 saturated carbocycles. The molecule has 9 heteroatoms. The summed E-state index contributed by atoms with van der Waals surface area (Å²) in [7, 11) is -4.32. The Morgan fingerprint density at radius 3 is 2.61 bits per heavy atom. The van der Waals surface area contributed by atoms with Crippen LogP contribution in [0.2, 0.25) is 0 Å². The Labute approximate surface area is 190 Å². The van der Waals surface area contributed by atoms with E-state index in [1.54, 1.807) is 4.68 Å². The zero-order valence-corrected chi connectivity index (χ0v) is 18.7. The molecule has 1 N–H and O–H groups in total. The van der Waals surface area contributed by atoms with Crippen molar-refractivity contribution >= 4 is 26.7 Å². The Morgan fingerprint density at radius 2 is 1.88 bits per heavy atom. The van der Waals surface area contributed by atoms with Gasteiger partial charge in [0.05, 0.1) is 17.8 Å². The maximum atomic E-state index is 15.0. The van der Waals surface area contributed by atoms with E-state index in [4.69, 9.17) is 0 Å². The highest BCUT2D eigenvalue weighted by Gasteiger charge is 2.26. The van der Waals surface area contributed by atoms with Gasteiger partial charge in [-0.2, -0.15) is 9.49 Å². The lowest BCUT2D eigenvalue weighted by Crippen LogP contribution is -2.17. The second kappa shape index (κ2) is 8.22. The minimum absolute atomic E-state index is 0.157. The molecule has 0 saturated heterocycles. The Kier molecular flexibility index (Phi) is 5.36. The van der Waals surface area contributed by atoms with Crippen LogP contribution in [0.1, 0.15) is 49.3 Å². The van der Waals surface area contributed by atoms with Crippen LogP contribution in [0.3, 0.4) is 0 Å². The molecule has 0 unspecified atom stereocenters. The van der Waals surface area contributed by atoms with E-state index in [1.807, 2.05) is 19.1 Å². The van der Waals surface area contributed by atoms with Crippen molar-refractivity contribution in [3.8, 4) is 0 Å². The SMILES string of the molecule is C[C@H](c1ccccc1C1CCC1)n1ncc2cc(S(=O)(=O)Nc3cccc(F)n3)c(F)cc21. The van der Waals surface area contributed by atoms with Gasteiger partial charge in [-0.15, -0.1) is 0 Å². The third-order valence-electron chi connectivity index (χ3n) is 6.25. The van der Waals surface area contributed by atoms with E-state index in [0.717, 1.165) is 24.5 Å². The molecule has 0 spiro atoms. The Bertz CT molecular complexity index is 1450. The summed E-state index contributed by atoms with van der Waals surface area (Å²) in [6.45, 7) is 2.00. The third-order valence-corrected chi connectivity index (χ3v) is 7.62. The predicted octanol–water partition coefficient (Wildman–Crippen LogP) is 5.39. The van der Waals surface area contributed by atoms with Crippen molar-refractivity contribution in [3.63, 3.8) is 0 Å². The summed E-state index contributed by atoms with van der Waals surface area (Å²) >= 11 is 0. The molecule has 1 atom stereocenters. The molecule has 0 amide bonds. The molecule has 2 aromatic carbocycles. The van der Waals surface area contributed by atoms with Gasteiger partial charge in [-0.05, 0) is 55.0 Å². The van der Waals surface area contributed by atoms with Gasteiger partial charge >= 0.3 is 0 Å². The van der Waals surface area contributed by atoms with Gasteiger partial charge in [-0.25, -0.2) is 17.8 Å². The smallest absolute Gasteiger partial charge is 0.263 e. The summed E-state index contributed by atoms with van der Waals surface area (Å²) in [5, 5.41) is 4.93. The summed E-state index contributed by atoms with van der Waals surface area (Å²) < 4.78 is 57.7. The number of benzene rings is 2. The zero-order valence-electron chi connectivity index (χ0n) is 17.9. The summed E-state index contributed by atoms with van der Waals surface area (Å²) in [5.74, 6) is -1.47. The summed E-state index contributed by atoms with van der Waals surface area (Å²) in [4.78, 5) is 2.92. The van der Waals surface area contributed by atoms with Crippen molar-refractivity contribution in [1.29, 1.82) is 0 Å². The number of aromatic nitrogens is 3. The van der Waals surface area contributed by atoms with Crippen LogP contribution >= 0.6 is 0 Å². The fraction of sp³-hybridized carbons (Fsp3) is 0.250. The molecule has 5 rings (SSSR count). The van der Waals surface area contributed by atoms with Crippen LogP contribution in [0.4, 0.5) is 14.6 Å². The average molecular weight is 469 g/mol. The number of sulfonamides is 1. The summed E-state index contributed by atoms with van der Waals surface area (Å²) in [5.41, 5.74) is 2.90. The Hall–Kier alpha value is -3.33. The predicted molar refractivity (Wildman–Crippen MR) is 122 cm³/mol. The van der Waals surface area contributed by atoms with Crippen molar-refractivity contribution in [2.75, 3.05) is 4.72 Å². The average Bonchev–Trinajstić information content (AvgIpc) is 3.14. The number of pyridine rings is 1. The molecule has 170 valence electrons. The lowest BCUT2D eigenvalue weighted by molar-refractivity contribution is 0.413. The van der Waals surface area contributed by atoms with Crippen LogP contribution in [-0.2, 0) is 10.0 Å². The van der Waals surface area contributed by atoms with Crippen LogP contribution in [0.15, 0.2) is 65.7 Å². The first-order valence-corrected chi connectivity index (χ1v) is 12.2. The van der Waals surface area contributed by atoms with Gasteiger partial charge in [0.2, 0.25) is 5.95 Å². The van der Waals surface area contributed by atoms with E-state index in [-0.39, 0.29) is 11.9 Å². The highest BCUT2D eigenvalue weighted by atomic mass is 32.2. The first-order valence-electron chi connectivity index (χ1n) is 10.7. The fourth-order valence-corrected chi connectivity index (χ4v) is 5.43. The van der Waals surface area contributed by atoms with E-state index >= 15 is 4.39 Å². The van der Waals surface area contributed by atoms with Crippen molar-refractivity contribution in [1.82, 2.24) is 14.8 Å². The molecule has 0 radical (unpaired) electrons. The maximum absolute atomic E-state index is 15.0. The van der Waals surface area contributed by atoms with Crippen molar-refractivity contribution in [3.05, 3.63) is 83.7 Å². The maximum Gasteiger partial charge on any atom is 0.265 e. The normalized spacial score (nSPS) is 15.4. The summed E-state index contributed by atoms with van der Waals surface area (Å²) in [6, 6.07) is 14.2. The van der Waals surface area contributed by atoms with E-state index in [0.29, 0.717) is 16.8 Å². The molecular weight excluding hydrogens is 446 g/mol. The van der Waals surface area contributed by atoms with Crippen LogP contribution in [-0.4, -0.2) is 23.2 Å². The second-order valence-corrected chi connectivity index (χ2v) is 9.97. The molecule has 4 aromatic rings. The van der Waals surface area contributed by atoms with Crippen LogP contribution in [0.25, 0.3) is 10.9 Å². The Morgan fingerprint density at radius 1 is 1.09 bits per heavy atom. The highest BCUT2D eigenvalue weighted by Crippen LogP contribution is 2.40.